The van der Waals surface area contributed by atoms with E-state index in [4.69, 9.17) is 9.84 Å². The molecule has 1 aromatic rings. The summed E-state index contributed by atoms with van der Waals surface area (Å²) < 4.78 is 5.05. The van der Waals surface area contributed by atoms with Crippen LogP contribution in [0.1, 0.15) is 17.3 Å². The minimum atomic E-state index is -1.32. The molecule has 1 atom stereocenters. The van der Waals surface area contributed by atoms with Crippen LogP contribution in [0.5, 0.6) is 5.75 Å². The highest BCUT2D eigenvalue weighted by molar-refractivity contribution is 5.96. The van der Waals surface area contributed by atoms with Gasteiger partial charge in [0.15, 0.2) is 0 Å². The Hall–Kier alpha value is -1.59. The summed E-state index contributed by atoms with van der Waals surface area (Å²) in [4.78, 5) is 11.8. The lowest BCUT2D eigenvalue weighted by atomic mass is 10.1. The number of carbonyl (C=O) groups excluding carboxylic acids is 1. The number of rotatable bonds is 5. The molecule has 0 radical (unpaired) electrons. The van der Waals surface area contributed by atoms with Crippen molar-refractivity contribution in [3.05, 3.63) is 29.8 Å². The molecule has 94 valence electrons. The molecular weight excluding hydrogens is 222 g/mol. The highest BCUT2D eigenvalue weighted by Crippen LogP contribution is 2.16. The summed E-state index contributed by atoms with van der Waals surface area (Å²) in [6.07, 6.45) is 0. The Labute approximate surface area is 100 Å². The van der Waals surface area contributed by atoms with E-state index < -0.39 is 12.2 Å². The van der Waals surface area contributed by atoms with Crippen molar-refractivity contribution in [1.29, 1.82) is 0 Å². The SMILES string of the molecule is COc1ccccc1C(=O)NCC(C)(O)CO. The monoisotopic (exact) mass is 239 g/mol. The number of ether oxygens (including phenoxy) is 1. The Morgan fingerprint density at radius 3 is 2.71 bits per heavy atom. The van der Waals surface area contributed by atoms with Crippen molar-refractivity contribution >= 4 is 5.91 Å². The van der Waals surface area contributed by atoms with Gasteiger partial charge in [0.25, 0.3) is 5.91 Å². The van der Waals surface area contributed by atoms with E-state index in [1.807, 2.05) is 0 Å². The van der Waals surface area contributed by atoms with Gasteiger partial charge in [-0.3, -0.25) is 4.79 Å². The van der Waals surface area contributed by atoms with Crippen LogP contribution in [0.2, 0.25) is 0 Å². The van der Waals surface area contributed by atoms with Gasteiger partial charge < -0.3 is 20.3 Å². The fourth-order valence-electron chi connectivity index (χ4n) is 1.25. The number of para-hydroxylation sites is 1. The molecule has 0 spiro atoms. The molecule has 0 heterocycles. The van der Waals surface area contributed by atoms with Crippen LogP contribution >= 0.6 is 0 Å². The van der Waals surface area contributed by atoms with E-state index in [0.717, 1.165) is 0 Å². The maximum atomic E-state index is 11.8. The molecule has 0 fully saturated rings. The van der Waals surface area contributed by atoms with Crippen molar-refractivity contribution < 1.29 is 19.7 Å². The zero-order valence-corrected chi connectivity index (χ0v) is 9.93. The second-order valence-corrected chi connectivity index (χ2v) is 4.04. The summed E-state index contributed by atoms with van der Waals surface area (Å²) in [5, 5.41) is 20.9. The number of methoxy groups -OCH3 is 1. The number of hydrogen-bond acceptors (Lipinski definition) is 4. The summed E-state index contributed by atoms with van der Waals surface area (Å²) in [6, 6.07) is 6.79. The maximum Gasteiger partial charge on any atom is 0.255 e. The standard InChI is InChI=1S/C12H17NO4/c1-12(16,8-14)7-13-11(15)9-5-3-4-6-10(9)17-2/h3-6,14,16H,7-8H2,1-2H3,(H,13,15). The Kier molecular flexibility index (Phi) is 4.48. The number of carbonyl (C=O) groups is 1. The predicted molar refractivity (Wildman–Crippen MR) is 63.0 cm³/mol. The van der Waals surface area contributed by atoms with E-state index >= 15 is 0 Å². The molecule has 5 heteroatoms. The number of aliphatic hydroxyl groups is 2. The summed E-state index contributed by atoms with van der Waals surface area (Å²) in [6.45, 7) is 0.995. The molecule has 1 amide bonds. The molecule has 0 aliphatic heterocycles. The van der Waals surface area contributed by atoms with Gasteiger partial charge >= 0.3 is 0 Å². The molecule has 1 aromatic carbocycles. The van der Waals surface area contributed by atoms with Crippen LogP contribution in [0.3, 0.4) is 0 Å². The van der Waals surface area contributed by atoms with Crippen molar-refractivity contribution in [2.24, 2.45) is 0 Å². The average molecular weight is 239 g/mol. The highest BCUT2D eigenvalue weighted by atomic mass is 16.5. The molecular formula is C12H17NO4. The number of amides is 1. The zero-order chi connectivity index (χ0) is 12.9. The van der Waals surface area contributed by atoms with Gasteiger partial charge in [-0.25, -0.2) is 0 Å². The van der Waals surface area contributed by atoms with E-state index in [9.17, 15) is 9.90 Å². The lowest BCUT2D eigenvalue weighted by molar-refractivity contribution is 0.00318. The predicted octanol–water partition coefficient (Wildman–Crippen LogP) is 0.168. The Morgan fingerprint density at radius 1 is 1.47 bits per heavy atom. The molecule has 1 rings (SSSR count). The fraction of sp³-hybridized carbons (Fsp3) is 0.417. The van der Waals surface area contributed by atoms with Crippen LogP contribution in [-0.2, 0) is 0 Å². The van der Waals surface area contributed by atoms with Crippen LogP contribution < -0.4 is 10.1 Å². The van der Waals surface area contributed by atoms with Gasteiger partial charge in [-0.15, -0.1) is 0 Å². The van der Waals surface area contributed by atoms with Gasteiger partial charge in [-0.1, -0.05) is 12.1 Å². The maximum absolute atomic E-state index is 11.8. The molecule has 1 unspecified atom stereocenters. The number of hydrogen-bond donors (Lipinski definition) is 3. The van der Waals surface area contributed by atoms with Crippen molar-refractivity contribution in [3.8, 4) is 5.75 Å². The van der Waals surface area contributed by atoms with E-state index in [1.54, 1.807) is 24.3 Å². The van der Waals surface area contributed by atoms with E-state index in [-0.39, 0.29) is 12.5 Å². The van der Waals surface area contributed by atoms with Crippen molar-refractivity contribution in [2.75, 3.05) is 20.3 Å². The molecule has 0 bridgehead atoms. The second-order valence-electron chi connectivity index (χ2n) is 4.04. The molecule has 0 aliphatic rings. The van der Waals surface area contributed by atoms with Crippen molar-refractivity contribution in [3.63, 3.8) is 0 Å². The van der Waals surface area contributed by atoms with Crippen LogP contribution in [0.25, 0.3) is 0 Å². The van der Waals surface area contributed by atoms with E-state index in [0.29, 0.717) is 11.3 Å². The third-order valence-electron chi connectivity index (χ3n) is 2.32. The summed E-state index contributed by atoms with van der Waals surface area (Å²) >= 11 is 0. The first-order valence-electron chi connectivity index (χ1n) is 5.24. The Morgan fingerprint density at radius 2 is 2.12 bits per heavy atom. The quantitative estimate of drug-likeness (QED) is 0.684. The van der Waals surface area contributed by atoms with E-state index in [1.165, 1.54) is 14.0 Å². The first kappa shape index (κ1) is 13.5. The molecule has 5 nitrogen and oxygen atoms in total. The number of aliphatic hydroxyl groups excluding tert-OH is 1. The van der Waals surface area contributed by atoms with Gasteiger partial charge in [-0.05, 0) is 19.1 Å². The Bertz CT molecular complexity index is 390. The van der Waals surface area contributed by atoms with Crippen molar-refractivity contribution in [2.45, 2.75) is 12.5 Å². The molecule has 3 N–H and O–H groups in total. The zero-order valence-electron chi connectivity index (χ0n) is 9.93. The lowest BCUT2D eigenvalue weighted by Gasteiger charge is -2.20. The second kappa shape index (κ2) is 5.65. The number of benzene rings is 1. The van der Waals surface area contributed by atoms with E-state index in [2.05, 4.69) is 5.32 Å². The van der Waals surface area contributed by atoms with Crippen molar-refractivity contribution in [1.82, 2.24) is 5.32 Å². The average Bonchev–Trinajstić information content (AvgIpc) is 2.36. The molecule has 0 aromatic heterocycles. The van der Waals surface area contributed by atoms with Crippen LogP contribution in [0.15, 0.2) is 24.3 Å². The minimum absolute atomic E-state index is 0.0274. The van der Waals surface area contributed by atoms with Gasteiger partial charge in [0.2, 0.25) is 0 Å². The van der Waals surface area contributed by atoms with Crippen LogP contribution in [0, 0.1) is 0 Å². The van der Waals surface area contributed by atoms with Gasteiger partial charge in [0.1, 0.15) is 11.4 Å². The first-order chi connectivity index (χ1) is 8.00. The molecule has 17 heavy (non-hydrogen) atoms. The van der Waals surface area contributed by atoms with Gasteiger partial charge in [-0.2, -0.15) is 0 Å². The minimum Gasteiger partial charge on any atom is -0.496 e. The smallest absolute Gasteiger partial charge is 0.255 e. The lowest BCUT2D eigenvalue weighted by Crippen LogP contribution is -2.43. The van der Waals surface area contributed by atoms with Crippen LogP contribution in [-0.4, -0.2) is 42.0 Å². The summed E-state index contributed by atoms with van der Waals surface area (Å²) in [5.74, 6) is 0.116. The van der Waals surface area contributed by atoms with Gasteiger partial charge in [0.05, 0.1) is 19.3 Å². The molecule has 0 saturated heterocycles. The number of nitrogens with one attached hydrogen (secondary N) is 1. The summed E-state index contributed by atoms with van der Waals surface area (Å²) in [7, 11) is 1.48. The molecule has 0 aliphatic carbocycles. The third kappa shape index (κ3) is 3.72. The normalized spacial score (nSPS) is 13.9. The topological polar surface area (TPSA) is 78.8 Å². The third-order valence-corrected chi connectivity index (χ3v) is 2.32. The highest BCUT2D eigenvalue weighted by Gasteiger charge is 2.21. The summed E-state index contributed by atoms with van der Waals surface area (Å²) in [5.41, 5.74) is -0.929. The van der Waals surface area contributed by atoms with Crippen LogP contribution in [0.4, 0.5) is 0 Å². The fourth-order valence-corrected chi connectivity index (χ4v) is 1.25. The Balaban J connectivity index is 2.70. The van der Waals surface area contributed by atoms with Gasteiger partial charge in [0, 0.05) is 6.54 Å². The first-order valence-corrected chi connectivity index (χ1v) is 5.24. The molecule has 0 saturated carbocycles. The largest absolute Gasteiger partial charge is 0.496 e.